The zero-order chi connectivity index (χ0) is 27.8. The number of anilines is 1. The Morgan fingerprint density at radius 3 is 2.26 bits per heavy atom. The van der Waals surface area contributed by atoms with Crippen molar-refractivity contribution in [1.29, 1.82) is 0 Å². The monoisotopic (exact) mass is 514 g/mol. The van der Waals surface area contributed by atoms with E-state index in [0.29, 0.717) is 25.1 Å². The first-order valence-electron chi connectivity index (χ1n) is 13.1. The van der Waals surface area contributed by atoms with Crippen molar-refractivity contribution in [3.05, 3.63) is 89.2 Å². The lowest BCUT2D eigenvalue weighted by molar-refractivity contribution is -0.151. The van der Waals surface area contributed by atoms with Gasteiger partial charge in [0, 0.05) is 12.1 Å². The molecule has 0 bridgehead atoms. The van der Waals surface area contributed by atoms with E-state index >= 15 is 0 Å². The largest absolute Gasteiger partial charge is 0.487 e. The first kappa shape index (κ1) is 28.6. The van der Waals surface area contributed by atoms with E-state index in [2.05, 4.69) is 43.2 Å². The molecule has 6 heteroatoms. The van der Waals surface area contributed by atoms with Crippen molar-refractivity contribution >= 4 is 29.7 Å². The van der Waals surface area contributed by atoms with E-state index in [4.69, 9.17) is 4.74 Å². The number of ether oxygens (including phenoxy) is 1. The van der Waals surface area contributed by atoms with Gasteiger partial charge in [-0.25, -0.2) is 4.98 Å². The summed E-state index contributed by atoms with van der Waals surface area (Å²) in [7, 11) is 0. The second kappa shape index (κ2) is 12.5. The molecule has 1 heterocycles. The number of aliphatic carboxylic acids is 1. The topological polar surface area (TPSA) is 88.5 Å². The van der Waals surface area contributed by atoms with Crippen molar-refractivity contribution in [2.24, 2.45) is 5.41 Å². The van der Waals surface area contributed by atoms with Gasteiger partial charge in [0.15, 0.2) is 0 Å². The Kier molecular flexibility index (Phi) is 9.45. The average Bonchev–Trinajstić information content (AvgIpc) is 2.89. The van der Waals surface area contributed by atoms with Crippen molar-refractivity contribution in [2.75, 3.05) is 5.32 Å². The quantitative estimate of drug-likeness (QED) is 0.279. The number of nitrogens with zero attached hydrogens (tertiary/aromatic N) is 1. The highest BCUT2D eigenvalue weighted by Crippen LogP contribution is 2.31. The highest BCUT2D eigenvalue weighted by Gasteiger charge is 2.37. The van der Waals surface area contributed by atoms with Gasteiger partial charge in [-0.1, -0.05) is 71.0 Å². The lowest BCUT2D eigenvalue weighted by atomic mass is 9.79. The van der Waals surface area contributed by atoms with Crippen LogP contribution in [0.15, 0.2) is 66.7 Å². The second-order valence-electron chi connectivity index (χ2n) is 10.6. The van der Waals surface area contributed by atoms with Crippen LogP contribution in [0.5, 0.6) is 5.75 Å². The molecular weight excluding hydrogens is 476 g/mol. The van der Waals surface area contributed by atoms with Gasteiger partial charge in [0.2, 0.25) is 5.91 Å². The van der Waals surface area contributed by atoms with Gasteiger partial charge in [-0.2, -0.15) is 0 Å². The smallest absolute Gasteiger partial charge is 0.310 e. The molecule has 1 amide bonds. The molecule has 0 aliphatic heterocycles. The van der Waals surface area contributed by atoms with E-state index in [1.807, 2.05) is 60.7 Å². The van der Waals surface area contributed by atoms with Crippen LogP contribution in [-0.4, -0.2) is 22.0 Å². The number of nitrogens with one attached hydrogen (secondary N) is 1. The van der Waals surface area contributed by atoms with Crippen LogP contribution in [0, 0.1) is 5.41 Å². The second-order valence-corrected chi connectivity index (χ2v) is 10.6. The van der Waals surface area contributed by atoms with E-state index in [1.165, 1.54) is 5.56 Å². The Morgan fingerprint density at radius 1 is 0.947 bits per heavy atom. The van der Waals surface area contributed by atoms with Crippen LogP contribution in [0.25, 0.3) is 12.2 Å². The number of benzene rings is 2. The number of carboxylic acid groups (broad SMARTS) is 1. The van der Waals surface area contributed by atoms with Crippen LogP contribution in [0.1, 0.15) is 76.4 Å². The van der Waals surface area contributed by atoms with Crippen LogP contribution in [0.2, 0.25) is 0 Å². The fraction of sp³-hybridized carbons (Fsp3) is 0.344. The molecule has 3 aromatic rings. The summed E-state index contributed by atoms with van der Waals surface area (Å²) >= 11 is 0. The SMILES string of the molecule is CCC(CC)(CC(=O)Nc1cccc(C=Cc2cccc(COc3ccc(C(C)(C)C)cc3)n2)c1)C(=O)O. The number of pyridine rings is 1. The molecule has 0 spiro atoms. The van der Waals surface area contributed by atoms with Crippen LogP contribution >= 0.6 is 0 Å². The Balaban J connectivity index is 1.62. The van der Waals surface area contributed by atoms with Gasteiger partial charge in [0.1, 0.15) is 12.4 Å². The lowest BCUT2D eigenvalue weighted by Gasteiger charge is -2.25. The molecule has 0 saturated heterocycles. The van der Waals surface area contributed by atoms with Gasteiger partial charge in [0.25, 0.3) is 0 Å². The molecule has 0 radical (unpaired) electrons. The number of carbonyl (C=O) groups excluding carboxylic acids is 1. The molecule has 6 nitrogen and oxygen atoms in total. The van der Waals surface area contributed by atoms with Crippen LogP contribution in [0.3, 0.4) is 0 Å². The first-order valence-corrected chi connectivity index (χ1v) is 13.1. The Hall–Kier alpha value is -3.93. The summed E-state index contributed by atoms with van der Waals surface area (Å²) in [6, 6.07) is 21.4. The highest BCUT2D eigenvalue weighted by atomic mass is 16.5. The third kappa shape index (κ3) is 7.78. The van der Waals surface area contributed by atoms with Crippen LogP contribution in [0.4, 0.5) is 5.69 Å². The van der Waals surface area contributed by atoms with Gasteiger partial charge >= 0.3 is 5.97 Å². The summed E-state index contributed by atoms with van der Waals surface area (Å²) in [5.74, 6) is -0.439. The normalized spacial score (nSPS) is 11.9. The Bertz CT molecular complexity index is 1270. The molecule has 2 N–H and O–H groups in total. The number of hydrogen-bond donors (Lipinski definition) is 2. The number of amides is 1. The van der Waals surface area contributed by atoms with Crippen molar-refractivity contribution < 1.29 is 19.4 Å². The predicted octanol–water partition coefficient (Wildman–Crippen LogP) is 7.35. The summed E-state index contributed by atoms with van der Waals surface area (Å²) in [6.45, 7) is 10.5. The van der Waals surface area contributed by atoms with E-state index < -0.39 is 11.4 Å². The molecule has 0 aliphatic carbocycles. The van der Waals surface area contributed by atoms with E-state index in [-0.39, 0.29) is 17.7 Å². The van der Waals surface area contributed by atoms with Crippen molar-refractivity contribution in [3.8, 4) is 5.75 Å². The predicted molar refractivity (Wildman–Crippen MR) is 153 cm³/mol. The van der Waals surface area contributed by atoms with E-state index in [9.17, 15) is 14.7 Å². The lowest BCUT2D eigenvalue weighted by Crippen LogP contribution is -2.34. The zero-order valence-electron chi connectivity index (χ0n) is 23.0. The first-order chi connectivity index (χ1) is 18.0. The number of carboxylic acids is 1. The fourth-order valence-corrected chi connectivity index (χ4v) is 4.17. The van der Waals surface area contributed by atoms with Gasteiger partial charge in [-0.05, 0) is 71.9 Å². The Morgan fingerprint density at radius 2 is 1.63 bits per heavy atom. The molecule has 38 heavy (non-hydrogen) atoms. The Labute approximate surface area is 225 Å². The summed E-state index contributed by atoms with van der Waals surface area (Å²) in [5.41, 5.74) is 3.44. The number of carbonyl (C=O) groups is 2. The molecule has 3 rings (SSSR count). The molecule has 2 aromatic carbocycles. The summed E-state index contributed by atoms with van der Waals surface area (Å²) < 4.78 is 5.93. The van der Waals surface area contributed by atoms with Gasteiger partial charge < -0.3 is 15.2 Å². The van der Waals surface area contributed by atoms with Crippen molar-refractivity contribution in [3.63, 3.8) is 0 Å². The highest BCUT2D eigenvalue weighted by molar-refractivity contribution is 5.94. The van der Waals surface area contributed by atoms with Gasteiger partial charge in [-0.15, -0.1) is 0 Å². The van der Waals surface area contributed by atoms with Crippen molar-refractivity contribution in [1.82, 2.24) is 4.98 Å². The third-order valence-corrected chi connectivity index (χ3v) is 6.86. The molecule has 200 valence electrons. The standard InChI is InChI=1S/C32H38N2O4/c1-6-32(7-2,30(36)37)21-29(35)34-26-12-8-10-23(20-26)14-17-25-11-9-13-27(33-25)22-38-28-18-15-24(16-19-28)31(3,4)5/h8-20H,6-7,21-22H2,1-5H3,(H,34,35)(H,36,37). The van der Waals surface area contributed by atoms with Crippen molar-refractivity contribution in [2.45, 2.75) is 65.9 Å². The maximum atomic E-state index is 12.6. The molecule has 1 aromatic heterocycles. The molecular formula is C32H38N2O4. The molecule has 0 unspecified atom stereocenters. The number of hydrogen-bond acceptors (Lipinski definition) is 4. The van der Waals surface area contributed by atoms with Crippen LogP contribution < -0.4 is 10.1 Å². The minimum absolute atomic E-state index is 0.0606. The minimum atomic E-state index is -1.04. The third-order valence-electron chi connectivity index (χ3n) is 6.86. The molecule has 0 fully saturated rings. The molecule has 0 atom stereocenters. The maximum Gasteiger partial charge on any atom is 0.310 e. The minimum Gasteiger partial charge on any atom is -0.487 e. The van der Waals surface area contributed by atoms with Gasteiger partial charge in [-0.3, -0.25) is 9.59 Å². The maximum absolute atomic E-state index is 12.6. The number of rotatable bonds is 11. The fourth-order valence-electron chi connectivity index (χ4n) is 4.17. The average molecular weight is 515 g/mol. The van der Waals surface area contributed by atoms with Gasteiger partial charge in [0.05, 0.1) is 16.8 Å². The summed E-state index contributed by atoms with van der Waals surface area (Å²) in [5, 5.41) is 12.4. The molecule has 0 saturated carbocycles. The molecule has 0 aliphatic rings. The summed E-state index contributed by atoms with van der Waals surface area (Å²) in [4.78, 5) is 29.0. The van der Waals surface area contributed by atoms with E-state index in [0.717, 1.165) is 22.7 Å². The number of aromatic nitrogens is 1. The summed E-state index contributed by atoms with van der Waals surface area (Å²) in [6.07, 6.45) is 4.57. The zero-order valence-corrected chi connectivity index (χ0v) is 23.0. The van der Waals surface area contributed by atoms with E-state index in [1.54, 1.807) is 19.9 Å². The van der Waals surface area contributed by atoms with Crippen LogP contribution in [-0.2, 0) is 21.6 Å².